The van der Waals surface area contributed by atoms with E-state index >= 15 is 0 Å². The summed E-state index contributed by atoms with van der Waals surface area (Å²) in [6, 6.07) is 12.3. The van der Waals surface area contributed by atoms with Gasteiger partial charge in [0.2, 0.25) is 5.69 Å². The second-order valence-electron chi connectivity index (χ2n) is 5.79. The largest absolute Gasteiger partial charge is 0.454 e. The van der Waals surface area contributed by atoms with Gasteiger partial charge in [-0.15, -0.1) is 0 Å². The van der Waals surface area contributed by atoms with Crippen LogP contribution in [0.25, 0.3) is 33.3 Å². The minimum absolute atomic E-state index is 0.833. The quantitative estimate of drug-likeness (QED) is 0.494. The molecule has 0 saturated heterocycles. The van der Waals surface area contributed by atoms with E-state index in [1.165, 1.54) is 22.4 Å². The Morgan fingerprint density at radius 3 is 2.68 bits per heavy atom. The van der Waals surface area contributed by atoms with Crippen LogP contribution in [-0.2, 0) is 7.05 Å². The summed E-state index contributed by atoms with van der Waals surface area (Å²) in [5.74, 6) is 0. The first-order valence-electron chi connectivity index (χ1n) is 7.38. The number of aryl methyl sites for hydroxylation is 3. The van der Waals surface area contributed by atoms with Gasteiger partial charge >= 0.3 is 0 Å². The lowest BCUT2D eigenvalue weighted by molar-refractivity contribution is -0.660. The number of benzene rings is 1. The van der Waals surface area contributed by atoms with E-state index in [1.54, 1.807) is 0 Å². The van der Waals surface area contributed by atoms with Crippen LogP contribution in [0, 0.1) is 13.8 Å². The van der Waals surface area contributed by atoms with Gasteiger partial charge in [-0.05, 0) is 43.7 Å². The Bertz CT molecular complexity index is 1010. The molecule has 4 aromatic rings. The van der Waals surface area contributed by atoms with Gasteiger partial charge in [0.1, 0.15) is 18.1 Å². The first-order chi connectivity index (χ1) is 10.6. The number of hydrogen-bond acceptors (Lipinski definition) is 2. The fourth-order valence-corrected chi connectivity index (χ4v) is 3.12. The van der Waals surface area contributed by atoms with E-state index in [0.717, 1.165) is 22.1 Å². The smallest absolute Gasteiger partial charge is 0.213 e. The van der Waals surface area contributed by atoms with Crippen LogP contribution < -0.4 is 4.57 Å². The van der Waals surface area contributed by atoms with Gasteiger partial charge in [-0.2, -0.15) is 0 Å². The summed E-state index contributed by atoms with van der Waals surface area (Å²) in [5, 5.41) is 1.09. The van der Waals surface area contributed by atoms with E-state index in [9.17, 15) is 0 Å². The van der Waals surface area contributed by atoms with Crippen molar-refractivity contribution in [2.45, 2.75) is 13.8 Å². The lowest BCUT2D eigenvalue weighted by Crippen LogP contribution is -2.31. The zero-order chi connectivity index (χ0) is 15.3. The summed E-state index contributed by atoms with van der Waals surface area (Å²) in [6.45, 7) is 4.24. The van der Waals surface area contributed by atoms with Crippen molar-refractivity contribution in [3.8, 4) is 11.3 Å². The highest BCUT2D eigenvalue weighted by molar-refractivity contribution is 6.10. The van der Waals surface area contributed by atoms with Gasteiger partial charge in [-0.1, -0.05) is 6.07 Å². The van der Waals surface area contributed by atoms with Gasteiger partial charge in [-0.3, -0.25) is 4.98 Å². The number of hydrogen-bond donors (Lipinski definition) is 0. The van der Waals surface area contributed by atoms with Crippen molar-refractivity contribution in [1.82, 2.24) is 4.98 Å². The molecule has 0 amide bonds. The van der Waals surface area contributed by atoms with E-state index in [4.69, 9.17) is 4.42 Å². The minimum atomic E-state index is 0.833. The highest BCUT2D eigenvalue weighted by Crippen LogP contribution is 2.36. The molecular formula is C19H17N2O+. The number of aromatic nitrogens is 2. The van der Waals surface area contributed by atoms with Gasteiger partial charge in [0.15, 0.2) is 11.8 Å². The van der Waals surface area contributed by atoms with Crippen molar-refractivity contribution in [1.29, 1.82) is 0 Å². The van der Waals surface area contributed by atoms with Crippen molar-refractivity contribution >= 4 is 22.1 Å². The normalized spacial score (nSPS) is 11.4. The summed E-state index contributed by atoms with van der Waals surface area (Å²) in [6.07, 6.45) is 3.96. The maximum Gasteiger partial charge on any atom is 0.213 e. The molecule has 0 bridgehead atoms. The molecule has 3 aromatic heterocycles. The fraction of sp³-hybridized carbons (Fsp3) is 0.158. The molecule has 0 aliphatic rings. The highest BCUT2D eigenvalue weighted by atomic mass is 16.3. The Labute approximate surface area is 128 Å². The molecule has 0 spiro atoms. The third-order valence-electron chi connectivity index (χ3n) is 4.14. The molecule has 22 heavy (non-hydrogen) atoms. The lowest BCUT2D eigenvalue weighted by atomic mass is 9.99. The molecule has 0 saturated carbocycles. The molecule has 0 N–H and O–H groups in total. The van der Waals surface area contributed by atoms with Crippen molar-refractivity contribution < 1.29 is 8.98 Å². The molecule has 3 heteroatoms. The van der Waals surface area contributed by atoms with E-state index in [2.05, 4.69) is 54.8 Å². The summed E-state index contributed by atoms with van der Waals surface area (Å²) in [7, 11) is 2.08. The van der Waals surface area contributed by atoms with Crippen LogP contribution in [0.3, 0.4) is 0 Å². The zero-order valence-electron chi connectivity index (χ0n) is 12.9. The first-order valence-corrected chi connectivity index (χ1v) is 7.38. The minimum Gasteiger partial charge on any atom is -0.454 e. The molecule has 1 aromatic carbocycles. The molecule has 4 rings (SSSR count). The van der Waals surface area contributed by atoms with Gasteiger partial charge < -0.3 is 4.42 Å². The van der Waals surface area contributed by atoms with Gasteiger partial charge in [0, 0.05) is 17.8 Å². The molecule has 108 valence electrons. The topological polar surface area (TPSA) is 29.9 Å². The number of pyridine rings is 2. The van der Waals surface area contributed by atoms with Crippen LogP contribution >= 0.6 is 0 Å². The number of nitrogens with zero attached hydrogens (tertiary/aromatic N) is 2. The summed E-state index contributed by atoms with van der Waals surface area (Å²) in [5.41, 5.74) is 7.47. The van der Waals surface area contributed by atoms with Crippen LogP contribution in [0.1, 0.15) is 11.1 Å². The van der Waals surface area contributed by atoms with Crippen LogP contribution in [0.5, 0.6) is 0 Å². The van der Waals surface area contributed by atoms with Gasteiger partial charge in [0.25, 0.3) is 0 Å². The van der Waals surface area contributed by atoms with E-state index in [-0.39, 0.29) is 0 Å². The van der Waals surface area contributed by atoms with Crippen molar-refractivity contribution in [2.75, 3.05) is 0 Å². The Morgan fingerprint density at radius 2 is 1.86 bits per heavy atom. The SMILES string of the molecule is Cc1ccc(-c2c(C)ccc3oc4cccnc4c23)[n+](C)c1. The summed E-state index contributed by atoms with van der Waals surface area (Å²) < 4.78 is 8.13. The molecule has 3 nitrogen and oxygen atoms in total. The fourth-order valence-electron chi connectivity index (χ4n) is 3.12. The van der Waals surface area contributed by atoms with E-state index in [0.29, 0.717) is 0 Å². The lowest BCUT2D eigenvalue weighted by Gasteiger charge is -2.06. The molecular weight excluding hydrogens is 272 g/mol. The monoisotopic (exact) mass is 289 g/mol. The van der Waals surface area contributed by atoms with Crippen molar-refractivity contribution in [3.05, 3.63) is 59.9 Å². The molecule has 0 aliphatic carbocycles. The second kappa shape index (κ2) is 4.67. The Morgan fingerprint density at radius 1 is 1.00 bits per heavy atom. The second-order valence-corrected chi connectivity index (χ2v) is 5.79. The van der Waals surface area contributed by atoms with Crippen molar-refractivity contribution in [3.63, 3.8) is 0 Å². The van der Waals surface area contributed by atoms with Crippen LogP contribution in [-0.4, -0.2) is 4.98 Å². The Balaban J connectivity index is 2.18. The predicted octanol–water partition coefficient (Wildman–Crippen LogP) is 4.09. The average Bonchev–Trinajstić information content (AvgIpc) is 2.87. The van der Waals surface area contributed by atoms with E-state index in [1.807, 2.05) is 24.4 Å². The summed E-state index contributed by atoms with van der Waals surface area (Å²) >= 11 is 0. The van der Waals surface area contributed by atoms with Crippen LogP contribution in [0.15, 0.2) is 53.2 Å². The molecule has 0 aliphatic heterocycles. The number of furan rings is 1. The first kappa shape index (κ1) is 13.0. The van der Waals surface area contributed by atoms with Crippen LogP contribution in [0.4, 0.5) is 0 Å². The number of rotatable bonds is 1. The predicted molar refractivity (Wildman–Crippen MR) is 87.6 cm³/mol. The maximum atomic E-state index is 5.96. The third kappa shape index (κ3) is 1.82. The van der Waals surface area contributed by atoms with Crippen LogP contribution in [0.2, 0.25) is 0 Å². The molecule has 0 unspecified atom stereocenters. The third-order valence-corrected chi connectivity index (χ3v) is 4.14. The highest BCUT2D eigenvalue weighted by Gasteiger charge is 2.20. The van der Waals surface area contributed by atoms with Crippen molar-refractivity contribution in [2.24, 2.45) is 7.05 Å². The molecule has 0 atom stereocenters. The maximum absolute atomic E-state index is 5.96. The van der Waals surface area contributed by atoms with E-state index < -0.39 is 0 Å². The molecule has 0 fully saturated rings. The zero-order valence-corrected chi connectivity index (χ0v) is 12.9. The Kier molecular flexibility index (Phi) is 2.76. The Hall–Kier alpha value is -2.68. The summed E-state index contributed by atoms with van der Waals surface area (Å²) in [4.78, 5) is 4.54. The van der Waals surface area contributed by atoms with Gasteiger partial charge in [0.05, 0.1) is 10.9 Å². The number of fused-ring (bicyclic) bond motifs is 3. The standard InChI is InChI=1S/C19H17N2O/c1-12-6-8-14(21(3)11-12)17-13(2)7-9-15-18(17)19-16(22-15)5-4-10-20-19/h4-11H,1-3H3/q+1. The molecule has 3 heterocycles. The average molecular weight is 289 g/mol. The molecule has 0 radical (unpaired) electrons. The van der Waals surface area contributed by atoms with Gasteiger partial charge in [-0.25, -0.2) is 4.57 Å².